The largest absolute Gasteiger partial charge is 0.494 e. The van der Waals surface area contributed by atoms with Crippen LogP contribution in [-0.4, -0.2) is 20.9 Å². The van der Waals surface area contributed by atoms with Crippen molar-refractivity contribution in [2.24, 2.45) is 4.99 Å². The van der Waals surface area contributed by atoms with Gasteiger partial charge in [0.1, 0.15) is 5.56 Å². The Morgan fingerprint density at radius 2 is 2.00 bits per heavy atom. The maximum atomic E-state index is 12.4. The van der Waals surface area contributed by atoms with Gasteiger partial charge in [-0.2, -0.15) is 0 Å². The molecule has 0 amide bonds. The normalized spacial score (nSPS) is 13.9. The van der Waals surface area contributed by atoms with E-state index in [0.717, 1.165) is 25.9 Å². The summed E-state index contributed by atoms with van der Waals surface area (Å²) in [6.45, 7) is 1.88. The van der Waals surface area contributed by atoms with E-state index in [2.05, 4.69) is 25.9 Å². The van der Waals surface area contributed by atoms with E-state index in [9.17, 15) is 14.7 Å². The second kappa shape index (κ2) is 6.51. The first-order valence-electron chi connectivity index (χ1n) is 8.15. The van der Waals surface area contributed by atoms with E-state index in [4.69, 9.17) is 0 Å². The van der Waals surface area contributed by atoms with Gasteiger partial charge in [-0.3, -0.25) is 14.8 Å². The summed E-state index contributed by atoms with van der Waals surface area (Å²) in [4.78, 5) is 31.2. The zero-order chi connectivity index (χ0) is 19.1. The number of allylic oxidation sites excluding steroid dienone is 1. The summed E-state index contributed by atoms with van der Waals surface area (Å²) < 4.78 is 1.95. The highest BCUT2D eigenvalue weighted by atomic mass is 79.9. The molecule has 0 spiro atoms. The van der Waals surface area contributed by atoms with E-state index < -0.39 is 17.1 Å². The molecule has 0 fully saturated rings. The van der Waals surface area contributed by atoms with Crippen LogP contribution in [0.4, 0.5) is 5.69 Å². The minimum atomic E-state index is -0.700. The van der Waals surface area contributed by atoms with Crippen LogP contribution in [0, 0.1) is 6.92 Å². The molecule has 0 radical (unpaired) electrons. The van der Waals surface area contributed by atoms with Gasteiger partial charge in [-0.1, -0.05) is 28.1 Å². The number of aromatic nitrogens is 2. The molecule has 2 heterocycles. The summed E-state index contributed by atoms with van der Waals surface area (Å²) in [6.07, 6.45) is 3.15. The molecule has 2 N–H and O–H groups in total. The first kappa shape index (κ1) is 17.2. The van der Waals surface area contributed by atoms with E-state index in [1.54, 1.807) is 24.4 Å². The molecule has 0 saturated heterocycles. The zero-order valence-electron chi connectivity index (χ0n) is 14.2. The third-order valence-electron chi connectivity index (χ3n) is 4.29. The van der Waals surface area contributed by atoms with Gasteiger partial charge in [0.2, 0.25) is 5.88 Å². The van der Waals surface area contributed by atoms with Crippen LogP contribution in [0.1, 0.15) is 16.7 Å². The highest BCUT2D eigenvalue weighted by molar-refractivity contribution is 9.10. The summed E-state index contributed by atoms with van der Waals surface area (Å²) in [7, 11) is 0. The van der Waals surface area contributed by atoms with Gasteiger partial charge in [0.25, 0.3) is 5.56 Å². The first-order chi connectivity index (χ1) is 12.9. The molecule has 0 aliphatic carbocycles. The maximum absolute atomic E-state index is 12.4. The Kier molecular flexibility index (Phi) is 4.16. The predicted molar refractivity (Wildman–Crippen MR) is 109 cm³/mol. The van der Waals surface area contributed by atoms with Gasteiger partial charge < -0.3 is 5.11 Å². The number of halogens is 1. The molecule has 27 heavy (non-hydrogen) atoms. The van der Waals surface area contributed by atoms with Crippen LogP contribution < -0.4 is 11.2 Å². The molecule has 7 heteroatoms. The number of nitrogens with one attached hydrogen (secondary N) is 1. The van der Waals surface area contributed by atoms with Crippen molar-refractivity contribution >= 4 is 39.5 Å². The van der Waals surface area contributed by atoms with E-state index >= 15 is 0 Å². The molecule has 134 valence electrons. The number of aromatic amines is 1. The van der Waals surface area contributed by atoms with Crippen molar-refractivity contribution in [2.45, 2.75) is 6.92 Å². The van der Waals surface area contributed by atoms with Gasteiger partial charge in [-0.15, -0.1) is 0 Å². The minimum Gasteiger partial charge on any atom is -0.494 e. The zero-order valence-corrected chi connectivity index (χ0v) is 15.8. The fourth-order valence-electron chi connectivity index (χ4n) is 3.01. The number of rotatable bonds is 2. The summed E-state index contributed by atoms with van der Waals surface area (Å²) in [5.74, 6) is -0.418. The quantitative estimate of drug-likeness (QED) is 0.660. The Hall–Kier alpha value is -3.19. The second-order valence-electron chi connectivity index (χ2n) is 6.19. The van der Waals surface area contributed by atoms with Crippen LogP contribution in [0.2, 0.25) is 0 Å². The van der Waals surface area contributed by atoms with Crippen molar-refractivity contribution in [3.8, 4) is 11.6 Å². The molecular formula is C20H14BrN3O3. The van der Waals surface area contributed by atoms with Crippen LogP contribution in [0.15, 0.2) is 61.5 Å². The van der Waals surface area contributed by atoms with Crippen molar-refractivity contribution in [3.05, 3.63) is 84.5 Å². The van der Waals surface area contributed by atoms with Crippen molar-refractivity contribution in [1.29, 1.82) is 0 Å². The SMILES string of the molecule is Cc1cccc(-n2c(O)c(/C=C3\C=Nc4ccc(Br)cc43)c(=O)[nH]c2=O)c1. The summed E-state index contributed by atoms with van der Waals surface area (Å²) in [6, 6.07) is 12.7. The second-order valence-corrected chi connectivity index (χ2v) is 7.11. The number of hydrogen-bond donors (Lipinski definition) is 2. The highest BCUT2D eigenvalue weighted by Gasteiger charge is 2.18. The average molecular weight is 424 g/mol. The molecule has 0 unspecified atom stereocenters. The third-order valence-corrected chi connectivity index (χ3v) is 4.79. The topological polar surface area (TPSA) is 87.4 Å². The number of H-pyrrole nitrogens is 1. The number of nitrogens with zero attached hydrogens (tertiary/aromatic N) is 2. The Morgan fingerprint density at radius 3 is 2.78 bits per heavy atom. The minimum absolute atomic E-state index is 0.00891. The summed E-state index contributed by atoms with van der Waals surface area (Å²) in [5.41, 5.74) is 2.29. The third kappa shape index (κ3) is 3.06. The van der Waals surface area contributed by atoms with E-state index in [0.29, 0.717) is 11.3 Å². The van der Waals surface area contributed by atoms with Crippen LogP contribution >= 0.6 is 15.9 Å². The Bertz CT molecular complexity index is 1250. The molecule has 0 atom stereocenters. The van der Waals surface area contributed by atoms with Crippen molar-refractivity contribution < 1.29 is 5.11 Å². The van der Waals surface area contributed by atoms with Crippen LogP contribution in [0.25, 0.3) is 17.3 Å². The van der Waals surface area contributed by atoms with Crippen molar-refractivity contribution in [1.82, 2.24) is 9.55 Å². The van der Waals surface area contributed by atoms with Crippen molar-refractivity contribution in [3.63, 3.8) is 0 Å². The van der Waals surface area contributed by atoms with E-state index in [-0.39, 0.29) is 5.56 Å². The van der Waals surface area contributed by atoms with E-state index in [1.807, 2.05) is 31.2 Å². The highest BCUT2D eigenvalue weighted by Crippen LogP contribution is 2.35. The number of aliphatic imine (C=N–C) groups is 1. The standard InChI is InChI=1S/C20H14BrN3O3/c1-11-3-2-4-14(7-11)24-19(26)16(18(25)23-20(24)27)8-12-10-22-17-6-5-13(21)9-15(12)17/h2-10,26H,1H3,(H,23,25,27)/b12-8+. The van der Waals surface area contributed by atoms with Crippen LogP contribution in [0.3, 0.4) is 0 Å². The Balaban J connectivity index is 1.93. The van der Waals surface area contributed by atoms with Gasteiger partial charge in [-0.25, -0.2) is 9.36 Å². The lowest BCUT2D eigenvalue weighted by molar-refractivity contribution is 0.429. The maximum Gasteiger partial charge on any atom is 0.335 e. The average Bonchev–Trinajstić information content (AvgIpc) is 3.00. The first-order valence-corrected chi connectivity index (χ1v) is 8.94. The van der Waals surface area contributed by atoms with Gasteiger partial charge >= 0.3 is 5.69 Å². The Labute approximate surface area is 162 Å². The van der Waals surface area contributed by atoms with Crippen LogP contribution in [0.5, 0.6) is 5.88 Å². The molecule has 4 rings (SSSR count). The fraction of sp³-hybridized carbons (Fsp3) is 0.0500. The summed E-state index contributed by atoms with van der Waals surface area (Å²) in [5, 5.41) is 10.7. The lowest BCUT2D eigenvalue weighted by atomic mass is 10.1. The molecule has 0 saturated carbocycles. The number of hydrogen-bond acceptors (Lipinski definition) is 4. The van der Waals surface area contributed by atoms with Gasteiger partial charge in [0, 0.05) is 21.8 Å². The van der Waals surface area contributed by atoms with Crippen molar-refractivity contribution in [2.75, 3.05) is 0 Å². The number of fused-ring (bicyclic) bond motifs is 1. The molecule has 0 bridgehead atoms. The lowest BCUT2D eigenvalue weighted by Gasteiger charge is -2.11. The molecule has 1 aliphatic rings. The molecule has 1 aromatic heterocycles. The summed E-state index contributed by atoms with van der Waals surface area (Å²) >= 11 is 3.42. The number of aromatic hydroxyl groups is 1. The fourth-order valence-corrected chi connectivity index (χ4v) is 3.37. The molecule has 3 aromatic rings. The Morgan fingerprint density at radius 1 is 1.19 bits per heavy atom. The number of benzene rings is 2. The van der Waals surface area contributed by atoms with Gasteiger partial charge in [0.15, 0.2) is 0 Å². The van der Waals surface area contributed by atoms with E-state index in [1.165, 1.54) is 6.08 Å². The number of aryl methyl sites for hydroxylation is 1. The predicted octanol–water partition coefficient (Wildman–Crippen LogP) is 3.56. The lowest BCUT2D eigenvalue weighted by Crippen LogP contribution is -2.30. The molecule has 6 nitrogen and oxygen atoms in total. The molecule has 2 aromatic carbocycles. The van der Waals surface area contributed by atoms with Gasteiger partial charge in [-0.05, 0) is 48.9 Å². The van der Waals surface area contributed by atoms with Crippen LogP contribution in [-0.2, 0) is 0 Å². The molecule has 1 aliphatic heterocycles. The van der Waals surface area contributed by atoms with Gasteiger partial charge in [0.05, 0.1) is 11.4 Å². The molecular weight excluding hydrogens is 410 g/mol. The smallest absolute Gasteiger partial charge is 0.335 e. The monoisotopic (exact) mass is 423 g/mol.